The van der Waals surface area contributed by atoms with Crippen LogP contribution in [0.25, 0.3) is 0 Å². The fourth-order valence-corrected chi connectivity index (χ4v) is 2.56. The summed E-state index contributed by atoms with van der Waals surface area (Å²) in [5.41, 5.74) is 0.623. The molecule has 6 heteroatoms. The Balaban J connectivity index is 1.98. The molecule has 2 amide bonds. The minimum Gasteiger partial charge on any atom is -0.322 e. The SMILES string of the molecule is CN(Cc1cccs1)C(=O)Nc1ccc(Cl)c(Cl)c1. The number of hydrogen-bond acceptors (Lipinski definition) is 2. The molecule has 0 unspecified atom stereocenters. The maximum atomic E-state index is 12.0. The molecule has 1 N–H and O–H groups in total. The first-order chi connectivity index (χ1) is 9.06. The Kier molecular flexibility index (Phi) is 4.69. The fraction of sp³-hybridized carbons (Fsp3) is 0.154. The number of carbonyl (C=O) groups excluding carboxylic acids is 1. The average molecular weight is 315 g/mol. The number of amides is 2. The topological polar surface area (TPSA) is 32.3 Å². The second kappa shape index (κ2) is 6.28. The lowest BCUT2D eigenvalue weighted by atomic mass is 10.3. The van der Waals surface area contributed by atoms with Crippen molar-refractivity contribution in [2.24, 2.45) is 0 Å². The molecular formula is C13H12Cl2N2OS. The summed E-state index contributed by atoms with van der Waals surface area (Å²) in [6.07, 6.45) is 0. The molecule has 0 aliphatic heterocycles. The van der Waals surface area contributed by atoms with E-state index in [-0.39, 0.29) is 6.03 Å². The lowest BCUT2D eigenvalue weighted by molar-refractivity contribution is 0.221. The van der Waals surface area contributed by atoms with Gasteiger partial charge in [0.25, 0.3) is 0 Å². The van der Waals surface area contributed by atoms with Crippen molar-refractivity contribution in [2.75, 3.05) is 12.4 Å². The molecule has 0 atom stereocenters. The minimum atomic E-state index is -0.188. The van der Waals surface area contributed by atoms with Crippen LogP contribution >= 0.6 is 34.5 Å². The molecule has 2 rings (SSSR count). The molecule has 19 heavy (non-hydrogen) atoms. The van der Waals surface area contributed by atoms with E-state index in [0.717, 1.165) is 4.88 Å². The number of urea groups is 1. The third-order valence-corrected chi connectivity index (χ3v) is 4.09. The summed E-state index contributed by atoms with van der Waals surface area (Å²) < 4.78 is 0. The van der Waals surface area contributed by atoms with Crippen LogP contribution in [0.3, 0.4) is 0 Å². The van der Waals surface area contributed by atoms with Gasteiger partial charge >= 0.3 is 6.03 Å². The highest BCUT2D eigenvalue weighted by molar-refractivity contribution is 7.09. The Bertz CT molecular complexity index is 572. The van der Waals surface area contributed by atoms with Crippen molar-refractivity contribution in [3.8, 4) is 0 Å². The molecule has 2 aromatic rings. The van der Waals surface area contributed by atoms with Gasteiger partial charge in [0.2, 0.25) is 0 Å². The Labute approximate surface area is 125 Å². The molecule has 0 radical (unpaired) electrons. The van der Waals surface area contributed by atoms with Crippen molar-refractivity contribution >= 4 is 46.3 Å². The molecule has 0 spiro atoms. The largest absolute Gasteiger partial charge is 0.322 e. The number of carbonyl (C=O) groups is 1. The van der Waals surface area contributed by atoms with Gasteiger partial charge in [-0.25, -0.2) is 4.79 Å². The third kappa shape index (κ3) is 3.86. The van der Waals surface area contributed by atoms with Crippen LogP contribution in [0, 0.1) is 0 Å². The van der Waals surface area contributed by atoms with Gasteiger partial charge in [0.1, 0.15) is 0 Å². The van der Waals surface area contributed by atoms with Crippen LogP contribution in [0.2, 0.25) is 10.0 Å². The molecule has 1 heterocycles. The van der Waals surface area contributed by atoms with Crippen LogP contribution < -0.4 is 5.32 Å². The molecule has 0 aliphatic rings. The number of nitrogens with zero attached hydrogens (tertiary/aromatic N) is 1. The van der Waals surface area contributed by atoms with Crippen molar-refractivity contribution in [2.45, 2.75) is 6.54 Å². The van der Waals surface area contributed by atoms with E-state index in [1.165, 1.54) is 0 Å². The molecule has 0 fully saturated rings. The van der Waals surface area contributed by atoms with E-state index in [1.54, 1.807) is 41.5 Å². The molecule has 1 aromatic heterocycles. The number of halogens is 2. The quantitative estimate of drug-likeness (QED) is 0.873. The second-order valence-electron chi connectivity index (χ2n) is 3.99. The summed E-state index contributed by atoms with van der Waals surface area (Å²) in [4.78, 5) is 14.7. The van der Waals surface area contributed by atoms with Gasteiger partial charge in [-0.2, -0.15) is 0 Å². The van der Waals surface area contributed by atoms with Crippen molar-refractivity contribution < 1.29 is 4.79 Å². The Morgan fingerprint density at radius 1 is 1.32 bits per heavy atom. The number of anilines is 1. The van der Waals surface area contributed by atoms with Crippen molar-refractivity contribution in [1.82, 2.24) is 4.90 Å². The van der Waals surface area contributed by atoms with Gasteiger partial charge in [0.05, 0.1) is 16.6 Å². The predicted octanol–water partition coefficient (Wildman–Crippen LogP) is 4.72. The lowest BCUT2D eigenvalue weighted by Gasteiger charge is -2.17. The van der Waals surface area contributed by atoms with Crippen molar-refractivity contribution in [1.29, 1.82) is 0 Å². The van der Waals surface area contributed by atoms with Gasteiger partial charge < -0.3 is 10.2 Å². The monoisotopic (exact) mass is 314 g/mol. The average Bonchev–Trinajstić information content (AvgIpc) is 2.86. The van der Waals surface area contributed by atoms with E-state index in [2.05, 4.69) is 5.32 Å². The summed E-state index contributed by atoms with van der Waals surface area (Å²) in [7, 11) is 1.74. The number of thiophene rings is 1. The van der Waals surface area contributed by atoms with Crippen molar-refractivity contribution in [3.05, 3.63) is 50.6 Å². The maximum Gasteiger partial charge on any atom is 0.321 e. The van der Waals surface area contributed by atoms with E-state index in [4.69, 9.17) is 23.2 Å². The fourth-order valence-electron chi connectivity index (χ4n) is 1.50. The van der Waals surface area contributed by atoms with Gasteiger partial charge in [-0.05, 0) is 29.6 Å². The van der Waals surface area contributed by atoms with E-state index in [9.17, 15) is 4.79 Å². The van der Waals surface area contributed by atoms with E-state index >= 15 is 0 Å². The van der Waals surface area contributed by atoms with Gasteiger partial charge in [-0.15, -0.1) is 11.3 Å². The number of benzene rings is 1. The first-order valence-electron chi connectivity index (χ1n) is 5.56. The van der Waals surface area contributed by atoms with Crippen LogP contribution in [0.15, 0.2) is 35.7 Å². The first-order valence-corrected chi connectivity index (χ1v) is 7.19. The molecule has 1 aromatic carbocycles. The highest BCUT2D eigenvalue weighted by atomic mass is 35.5. The Hall–Kier alpha value is -1.23. The van der Waals surface area contributed by atoms with Crippen molar-refractivity contribution in [3.63, 3.8) is 0 Å². The minimum absolute atomic E-state index is 0.188. The lowest BCUT2D eigenvalue weighted by Crippen LogP contribution is -2.30. The van der Waals surface area contributed by atoms with Crippen LogP contribution in [-0.4, -0.2) is 18.0 Å². The van der Waals surface area contributed by atoms with Gasteiger partial charge in [-0.1, -0.05) is 29.3 Å². The Morgan fingerprint density at radius 2 is 2.11 bits per heavy atom. The first kappa shape index (κ1) is 14.2. The van der Waals surface area contributed by atoms with Gasteiger partial charge in [0, 0.05) is 17.6 Å². The van der Waals surface area contributed by atoms with Crippen LogP contribution in [0.1, 0.15) is 4.88 Å². The number of rotatable bonds is 3. The molecule has 0 saturated carbocycles. The zero-order chi connectivity index (χ0) is 13.8. The smallest absolute Gasteiger partial charge is 0.321 e. The predicted molar refractivity (Wildman–Crippen MR) is 81.3 cm³/mol. The summed E-state index contributed by atoms with van der Waals surface area (Å²) in [6.45, 7) is 0.574. The highest BCUT2D eigenvalue weighted by Crippen LogP contribution is 2.25. The standard InChI is InChI=1S/C13H12Cl2N2OS/c1-17(8-10-3-2-6-19-10)13(18)16-9-4-5-11(14)12(15)7-9/h2-7H,8H2,1H3,(H,16,18). The molecule has 3 nitrogen and oxygen atoms in total. The normalized spacial score (nSPS) is 10.3. The van der Waals surface area contributed by atoms with Crippen LogP contribution in [0.4, 0.5) is 10.5 Å². The van der Waals surface area contributed by atoms with Gasteiger partial charge in [0.15, 0.2) is 0 Å². The molecule has 0 saturated heterocycles. The maximum absolute atomic E-state index is 12.0. The Morgan fingerprint density at radius 3 is 2.74 bits per heavy atom. The van der Waals surface area contributed by atoms with Gasteiger partial charge in [-0.3, -0.25) is 0 Å². The highest BCUT2D eigenvalue weighted by Gasteiger charge is 2.10. The van der Waals surface area contributed by atoms with Crippen LogP contribution in [-0.2, 0) is 6.54 Å². The molecule has 100 valence electrons. The zero-order valence-corrected chi connectivity index (χ0v) is 12.5. The number of nitrogens with one attached hydrogen (secondary N) is 1. The summed E-state index contributed by atoms with van der Waals surface area (Å²) in [5.74, 6) is 0. The number of hydrogen-bond donors (Lipinski definition) is 1. The third-order valence-electron chi connectivity index (χ3n) is 2.49. The van der Waals surface area contributed by atoms with Crippen LogP contribution in [0.5, 0.6) is 0 Å². The summed E-state index contributed by atoms with van der Waals surface area (Å²) in [6, 6.07) is 8.76. The zero-order valence-electron chi connectivity index (χ0n) is 10.2. The second-order valence-corrected chi connectivity index (χ2v) is 5.84. The van der Waals surface area contributed by atoms with E-state index in [1.807, 2.05) is 17.5 Å². The molecule has 0 bridgehead atoms. The molecule has 0 aliphatic carbocycles. The molecular weight excluding hydrogens is 303 g/mol. The van der Waals surface area contributed by atoms with E-state index < -0.39 is 0 Å². The summed E-state index contributed by atoms with van der Waals surface area (Å²) in [5, 5.41) is 5.64. The van der Waals surface area contributed by atoms with E-state index in [0.29, 0.717) is 22.3 Å². The summed E-state index contributed by atoms with van der Waals surface area (Å²) >= 11 is 13.3.